The van der Waals surface area contributed by atoms with Crippen LogP contribution in [0.2, 0.25) is 0 Å². The molecule has 0 aromatic heterocycles. The van der Waals surface area contributed by atoms with Crippen LogP contribution >= 0.6 is 0 Å². The summed E-state index contributed by atoms with van der Waals surface area (Å²) in [5, 5.41) is 15.2. The lowest BCUT2D eigenvalue weighted by Gasteiger charge is -2.09. The Morgan fingerprint density at radius 2 is 1.18 bits per heavy atom. The highest BCUT2D eigenvalue weighted by Gasteiger charge is 2.04. The van der Waals surface area contributed by atoms with Gasteiger partial charge in [0.25, 0.3) is 0 Å². The average Bonchev–Trinajstić information content (AvgIpc) is 2.82. The van der Waals surface area contributed by atoms with E-state index in [1.165, 1.54) is 0 Å². The first-order valence-electron chi connectivity index (χ1n) is 11.8. The molecule has 0 saturated heterocycles. The number of rotatable bonds is 22. The van der Waals surface area contributed by atoms with Crippen LogP contribution in [-0.4, -0.2) is 108 Å². The van der Waals surface area contributed by atoms with E-state index < -0.39 is 0 Å². The summed E-state index contributed by atoms with van der Waals surface area (Å²) in [6.07, 6.45) is 3.05. The molecule has 0 radical (unpaired) electrons. The van der Waals surface area contributed by atoms with Gasteiger partial charge in [0.15, 0.2) is 0 Å². The monoisotopic (exact) mass is 494 g/mol. The standard InChI is InChI=1S/C21H42N4O7.CH4O/c1-3-4-7-23-20(27)16-31-14-13-30-11-9-25-21(28)17-32-15-12-29-10-8-24-19(26)6-5-18(2)22;1-2/h18H,3-17,22H2,1-2H3,(H,23,27)(H,24,26)(H,25,28);2H,1H3/t18-;/m1./s1. The van der Waals surface area contributed by atoms with Crippen LogP contribution in [0.5, 0.6) is 0 Å². The highest BCUT2D eigenvalue weighted by atomic mass is 16.5. The van der Waals surface area contributed by atoms with Crippen molar-refractivity contribution < 1.29 is 38.4 Å². The van der Waals surface area contributed by atoms with Crippen molar-refractivity contribution in [2.75, 3.05) is 79.6 Å². The molecule has 0 bridgehead atoms. The summed E-state index contributed by atoms with van der Waals surface area (Å²) in [6.45, 7) is 7.34. The maximum absolute atomic E-state index is 11.6. The molecule has 0 aromatic rings. The van der Waals surface area contributed by atoms with E-state index in [4.69, 9.17) is 29.8 Å². The highest BCUT2D eigenvalue weighted by molar-refractivity contribution is 5.77. The third-order valence-electron chi connectivity index (χ3n) is 4.03. The molecule has 0 heterocycles. The summed E-state index contributed by atoms with van der Waals surface area (Å²) in [4.78, 5) is 34.5. The zero-order valence-electron chi connectivity index (χ0n) is 21.1. The third-order valence-corrected chi connectivity index (χ3v) is 4.03. The van der Waals surface area contributed by atoms with Crippen LogP contribution in [0.25, 0.3) is 0 Å². The molecule has 0 aliphatic rings. The third kappa shape index (κ3) is 28.2. The molecule has 34 heavy (non-hydrogen) atoms. The second-order valence-corrected chi connectivity index (χ2v) is 7.25. The maximum atomic E-state index is 11.6. The Morgan fingerprint density at radius 1 is 0.735 bits per heavy atom. The van der Waals surface area contributed by atoms with Gasteiger partial charge in [-0.15, -0.1) is 0 Å². The molecule has 0 saturated carbocycles. The lowest BCUT2D eigenvalue weighted by Crippen LogP contribution is -2.32. The Hall–Kier alpha value is -1.83. The summed E-state index contributed by atoms with van der Waals surface area (Å²) >= 11 is 0. The number of ether oxygens (including phenoxy) is 4. The largest absolute Gasteiger partial charge is 0.400 e. The van der Waals surface area contributed by atoms with Crippen LogP contribution in [0.4, 0.5) is 0 Å². The number of amides is 3. The van der Waals surface area contributed by atoms with Gasteiger partial charge in [0.2, 0.25) is 17.7 Å². The summed E-state index contributed by atoms with van der Waals surface area (Å²) in [5.74, 6) is -0.411. The van der Waals surface area contributed by atoms with Gasteiger partial charge in [-0.05, 0) is 19.8 Å². The van der Waals surface area contributed by atoms with Crippen molar-refractivity contribution in [3.63, 3.8) is 0 Å². The maximum Gasteiger partial charge on any atom is 0.246 e. The summed E-state index contributed by atoms with van der Waals surface area (Å²) in [5.41, 5.74) is 5.59. The zero-order valence-corrected chi connectivity index (χ0v) is 21.1. The van der Waals surface area contributed by atoms with E-state index in [9.17, 15) is 14.4 Å². The van der Waals surface area contributed by atoms with E-state index in [2.05, 4.69) is 22.9 Å². The molecular weight excluding hydrogens is 448 g/mol. The van der Waals surface area contributed by atoms with E-state index >= 15 is 0 Å². The molecule has 0 aliphatic heterocycles. The fourth-order valence-corrected chi connectivity index (χ4v) is 2.25. The number of aliphatic hydroxyl groups is 1. The van der Waals surface area contributed by atoms with Crippen LogP contribution < -0.4 is 21.7 Å². The van der Waals surface area contributed by atoms with Gasteiger partial charge in [0, 0.05) is 39.2 Å². The van der Waals surface area contributed by atoms with E-state index in [0.29, 0.717) is 65.5 Å². The molecule has 12 nitrogen and oxygen atoms in total. The number of hydrogen-bond acceptors (Lipinski definition) is 9. The van der Waals surface area contributed by atoms with Crippen LogP contribution in [0.15, 0.2) is 0 Å². The molecular formula is C22H46N4O8. The lowest BCUT2D eigenvalue weighted by atomic mass is 10.2. The van der Waals surface area contributed by atoms with E-state index in [0.717, 1.165) is 20.0 Å². The Kier molecular flexibility index (Phi) is 27.7. The van der Waals surface area contributed by atoms with Gasteiger partial charge in [-0.1, -0.05) is 13.3 Å². The van der Waals surface area contributed by atoms with Gasteiger partial charge in [0.05, 0.1) is 39.6 Å². The van der Waals surface area contributed by atoms with Crippen molar-refractivity contribution in [1.29, 1.82) is 0 Å². The molecule has 1 atom stereocenters. The van der Waals surface area contributed by atoms with E-state index in [-0.39, 0.29) is 43.6 Å². The average molecular weight is 495 g/mol. The molecule has 0 spiro atoms. The van der Waals surface area contributed by atoms with Crippen LogP contribution in [0, 0.1) is 0 Å². The number of carbonyl (C=O) groups is 3. The van der Waals surface area contributed by atoms with Crippen molar-refractivity contribution >= 4 is 17.7 Å². The van der Waals surface area contributed by atoms with Crippen molar-refractivity contribution in [3.8, 4) is 0 Å². The first-order valence-corrected chi connectivity index (χ1v) is 11.8. The topological polar surface area (TPSA) is 170 Å². The summed E-state index contributed by atoms with van der Waals surface area (Å²) < 4.78 is 21.1. The first kappa shape index (κ1) is 34.3. The number of nitrogens with one attached hydrogen (secondary N) is 3. The quantitative estimate of drug-likeness (QED) is 0.118. The van der Waals surface area contributed by atoms with Crippen molar-refractivity contribution in [3.05, 3.63) is 0 Å². The van der Waals surface area contributed by atoms with Crippen LogP contribution in [-0.2, 0) is 33.3 Å². The second-order valence-electron chi connectivity index (χ2n) is 7.25. The Balaban J connectivity index is 0. The van der Waals surface area contributed by atoms with Crippen LogP contribution in [0.3, 0.4) is 0 Å². The Bertz CT molecular complexity index is 496. The predicted molar refractivity (Wildman–Crippen MR) is 128 cm³/mol. The van der Waals surface area contributed by atoms with Gasteiger partial charge < -0.3 is 45.7 Å². The number of hydrogen-bond donors (Lipinski definition) is 5. The highest BCUT2D eigenvalue weighted by Crippen LogP contribution is 1.92. The minimum Gasteiger partial charge on any atom is -0.400 e. The molecule has 3 amide bonds. The molecule has 12 heteroatoms. The molecule has 0 aromatic carbocycles. The lowest BCUT2D eigenvalue weighted by molar-refractivity contribution is -0.127. The molecule has 202 valence electrons. The smallest absolute Gasteiger partial charge is 0.246 e. The molecule has 0 aliphatic carbocycles. The fraction of sp³-hybridized carbons (Fsp3) is 0.864. The zero-order chi connectivity index (χ0) is 25.9. The molecule has 0 unspecified atom stereocenters. The number of aliphatic hydroxyl groups excluding tert-OH is 1. The first-order chi connectivity index (χ1) is 16.5. The van der Waals surface area contributed by atoms with E-state index in [1.54, 1.807) is 0 Å². The summed E-state index contributed by atoms with van der Waals surface area (Å²) in [7, 11) is 1.00. The van der Waals surface area contributed by atoms with Gasteiger partial charge in [-0.2, -0.15) is 0 Å². The van der Waals surface area contributed by atoms with Crippen molar-refractivity contribution in [2.24, 2.45) is 5.73 Å². The normalized spacial score (nSPS) is 11.2. The van der Waals surface area contributed by atoms with Crippen molar-refractivity contribution in [1.82, 2.24) is 16.0 Å². The SMILES string of the molecule is CCCCNC(=O)COCCOCCNC(=O)COCCOCCNC(=O)CC[C@@H](C)N.CO. The number of carbonyl (C=O) groups excluding carboxylic acids is 3. The Labute approximate surface area is 203 Å². The number of unbranched alkanes of at least 4 members (excludes halogenated alkanes) is 1. The predicted octanol–water partition coefficient (Wildman–Crippen LogP) is -1.06. The van der Waals surface area contributed by atoms with Crippen molar-refractivity contribution in [2.45, 2.75) is 45.6 Å². The van der Waals surface area contributed by atoms with Gasteiger partial charge in [-0.25, -0.2) is 0 Å². The van der Waals surface area contributed by atoms with Gasteiger partial charge in [0.1, 0.15) is 13.2 Å². The summed E-state index contributed by atoms with van der Waals surface area (Å²) in [6, 6.07) is 0.0132. The minimum absolute atomic E-state index is 0.0132. The second kappa shape index (κ2) is 27.4. The van der Waals surface area contributed by atoms with Crippen LogP contribution in [0.1, 0.15) is 39.5 Å². The van der Waals surface area contributed by atoms with E-state index in [1.807, 2.05) is 6.92 Å². The Morgan fingerprint density at radius 3 is 1.65 bits per heavy atom. The molecule has 0 fully saturated rings. The fourth-order valence-electron chi connectivity index (χ4n) is 2.25. The number of nitrogens with two attached hydrogens (primary N) is 1. The minimum atomic E-state index is -0.241. The van der Waals surface area contributed by atoms with Gasteiger partial charge in [-0.3, -0.25) is 14.4 Å². The molecule has 0 rings (SSSR count). The molecule has 6 N–H and O–H groups in total. The van der Waals surface area contributed by atoms with Gasteiger partial charge >= 0.3 is 0 Å².